The second kappa shape index (κ2) is 6.53. The molecule has 0 aliphatic heterocycles. The number of hydrogen-bond donors (Lipinski definition) is 1. The SMILES string of the molecule is CCCNCc1cnc(N(C)CC)c2ccccc12. The summed E-state index contributed by atoms with van der Waals surface area (Å²) in [5, 5.41) is 5.99. The molecule has 3 heteroatoms. The Bertz CT molecular complexity index is 537. The zero-order valence-corrected chi connectivity index (χ0v) is 12.1. The molecular weight excluding hydrogens is 234 g/mol. The van der Waals surface area contributed by atoms with E-state index in [9.17, 15) is 0 Å². The lowest BCUT2D eigenvalue weighted by atomic mass is 10.1. The lowest BCUT2D eigenvalue weighted by molar-refractivity contribution is 0.676. The number of rotatable bonds is 6. The van der Waals surface area contributed by atoms with Crippen molar-refractivity contribution in [2.75, 3.05) is 25.0 Å². The summed E-state index contributed by atoms with van der Waals surface area (Å²) in [5.41, 5.74) is 1.28. The highest BCUT2D eigenvalue weighted by atomic mass is 15.2. The lowest BCUT2D eigenvalue weighted by Gasteiger charge is -2.19. The number of anilines is 1. The number of nitrogens with zero attached hydrogens (tertiary/aromatic N) is 2. The van der Waals surface area contributed by atoms with Crippen molar-refractivity contribution in [3.05, 3.63) is 36.0 Å². The van der Waals surface area contributed by atoms with Crippen molar-refractivity contribution in [2.24, 2.45) is 0 Å². The molecule has 19 heavy (non-hydrogen) atoms. The van der Waals surface area contributed by atoms with Gasteiger partial charge in [-0.3, -0.25) is 0 Å². The van der Waals surface area contributed by atoms with Crippen molar-refractivity contribution < 1.29 is 0 Å². The highest BCUT2D eigenvalue weighted by Crippen LogP contribution is 2.26. The van der Waals surface area contributed by atoms with Gasteiger partial charge in [0.2, 0.25) is 0 Å². The third kappa shape index (κ3) is 3.04. The number of pyridine rings is 1. The molecule has 102 valence electrons. The van der Waals surface area contributed by atoms with Crippen molar-refractivity contribution in [3.8, 4) is 0 Å². The summed E-state index contributed by atoms with van der Waals surface area (Å²) in [6.07, 6.45) is 3.16. The van der Waals surface area contributed by atoms with Crippen LogP contribution < -0.4 is 10.2 Å². The monoisotopic (exact) mass is 257 g/mol. The molecule has 0 aliphatic rings. The van der Waals surface area contributed by atoms with Crippen LogP contribution in [0, 0.1) is 0 Å². The molecule has 0 saturated heterocycles. The van der Waals surface area contributed by atoms with Crippen molar-refractivity contribution >= 4 is 16.6 Å². The highest BCUT2D eigenvalue weighted by Gasteiger charge is 2.09. The third-order valence-corrected chi connectivity index (χ3v) is 3.43. The predicted molar refractivity (Wildman–Crippen MR) is 82.7 cm³/mol. The molecule has 2 aromatic rings. The molecule has 0 fully saturated rings. The smallest absolute Gasteiger partial charge is 0.136 e. The Morgan fingerprint density at radius 2 is 1.89 bits per heavy atom. The van der Waals surface area contributed by atoms with Crippen LogP contribution in [0.25, 0.3) is 10.8 Å². The molecule has 0 saturated carbocycles. The fraction of sp³-hybridized carbons (Fsp3) is 0.438. The van der Waals surface area contributed by atoms with Gasteiger partial charge in [-0.05, 0) is 30.8 Å². The van der Waals surface area contributed by atoms with E-state index in [0.29, 0.717) is 0 Å². The summed E-state index contributed by atoms with van der Waals surface area (Å²) in [6.45, 7) is 7.22. The van der Waals surface area contributed by atoms with Crippen LogP contribution in [0.15, 0.2) is 30.5 Å². The largest absolute Gasteiger partial charge is 0.359 e. The molecular formula is C16H23N3. The van der Waals surface area contributed by atoms with Gasteiger partial charge in [0.25, 0.3) is 0 Å². The summed E-state index contributed by atoms with van der Waals surface area (Å²) in [5.74, 6) is 1.07. The molecule has 1 aromatic carbocycles. The van der Waals surface area contributed by atoms with E-state index in [0.717, 1.165) is 31.9 Å². The standard InChI is InChI=1S/C16H23N3/c1-4-10-17-11-13-12-18-16(19(3)5-2)15-9-7-6-8-14(13)15/h6-9,12,17H,4-5,10-11H2,1-3H3. The molecule has 0 radical (unpaired) electrons. The van der Waals surface area contributed by atoms with Gasteiger partial charge in [-0.25, -0.2) is 4.98 Å². The Morgan fingerprint density at radius 1 is 1.16 bits per heavy atom. The van der Waals surface area contributed by atoms with Crippen LogP contribution in [-0.4, -0.2) is 25.1 Å². The first-order chi connectivity index (χ1) is 9.27. The van der Waals surface area contributed by atoms with Gasteiger partial charge < -0.3 is 10.2 Å². The van der Waals surface area contributed by atoms with Crippen molar-refractivity contribution in [2.45, 2.75) is 26.8 Å². The minimum Gasteiger partial charge on any atom is -0.359 e. The van der Waals surface area contributed by atoms with E-state index in [4.69, 9.17) is 0 Å². The van der Waals surface area contributed by atoms with Crippen molar-refractivity contribution in [1.82, 2.24) is 10.3 Å². The second-order valence-electron chi connectivity index (χ2n) is 4.84. The van der Waals surface area contributed by atoms with Crippen LogP contribution in [0.5, 0.6) is 0 Å². The molecule has 0 bridgehead atoms. The number of fused-ring (bicyclic) bond motifs is 1. The Kier molecular flexibility index (Phi) is 4.74. The maximum atomic E-state index is 4.64. The predicted octanol–water partition coefficient (Wildman–Crippen LogP) is 3.19. The highest BCUT2D eigenvalue weighted by molar-refractivity contribution is 5.94. The first-order valence-electron chi connectivity index (χ1n) is 7.06. The van der Waals surface area contributed by atoms with E-state index in [2.05, 4.69) is 60.4 Å². The fourth-order valence-electron chi connectivity index (χ4n) is 2.23. The quantitative estimate of drug-likeness (QED) is 0.806. The second-order valence-corrected chi connectivity index (χ2v) is 4.84. The molecule has 0 amide bonds. The summed E-state index contributed by atoms with van der Waals surface area (Å²) in [6, 6.07) is 8.53. The van der Waals surface area contributed by atoms with Gasteiger partial charge in [0.1, 0.15) is 5.82 Å². The van der Waals surface area contributed by atoms with Crippen molar-refractivity contribution in [3.63, 3.8) is 0 Å². The summed E-state index contributed by atoms with van der Waals surface area (Å²) in [7, 11) is 2.09. The average molecular weight is 257 g/mol. The van der Waals surface area contributed by atoms with E-state index in [-0.39, 0.29) is 0 Å². The first-order valence-corrected chi connectivity index (χ1v) is 7.06. The maximum absolute atomic E-state index is 4.64. The number of aromatic nitrogens is 1. The lowest BCUT2D eigenvalue weighted by Crippen LogP contribution is -2.19. The van der Waals surface area contributed by atoms with Crippen LogP contribution >= 0.6 is 0 Å². The zero-order chi connectivity index (χ0) is 13.7. The first kappa shape index (κ1) is 13.8. The van der Waals surface area contributed by atoms with E-state index < -0.39 is 0 Å². The number of benzene rings is 1. The van der Waals surface area contributed by atoms with Gasteiger partial charge in [0.15, 0.2) is 0 Å². The molecule has 0 atom stereocenters. The topological polar surface area (TPSA) is 28.2 Å². The molecule has 0 spiro atoms. The Labute approximate surface area is 115 Å². The van der Waals surface area contributed by atoms with Gasteiger partial charge in [-0.2, -0.15) is 0 Å². The molecule has 0 aliphatic carbocycles. The molecule has 2 rings (SSSR count). The molecule has 3 nitrogen and oxygen atoms in total. The van der Waals surface area contributed by atoms with Crippen LogP contribution in [0.2, 0.25) is 0 Å². The third-order valence-electron chi connectivity index (χ3n) is 3.43. The van der Waals surface area contributed by atoms with E-state index in [1.54, 1.807) is 0 Å². The van der Waals surface area contributed by atoms with Crippen molar-refractivity contribution in [1.29, 1.82) is 0 Å². The number of hydrogen-bond acceptors (Lipinski definition) is 3. The summed E-state index contributed by atoms with van der Waals surface area (Å²) < 4.78 is 0. The zero-order valence-electron chi connectivity index (χ0n) is 12.1. The molecule has 0 unspecified atom stereocenters. The van der Waals surface area contributed by atoms with Crippen LogP contribution in [0.4, 0.5) is 5.82 Å². The van der Waals surface area contributed by atoms with E-state index in [1.165, 1.54) is 16.3 Å². The Hall–Kier alpha value is -1.61. The Morgan fingerprint density at radius 3 is 2.58 bits per heavy atom. The summed E-state index contributed by atoms with van der Waals surface area (Å²) in [4.78, 5) is 6.83. The molecule has 1 heterocycles. The van der Waals surface area contributed by atoms with Crippen LogP contribution in [-0.2, 0) is 6.54 Å². The Balaban J connectivity index is 2.40. The van der Waals surface area contributed by atoms with Gasteiger partial charge in [0, 0.05) is 31.7 Å². The van der Waals surface area contributed by atoms with Gasteiger partial charge in [-0.15, -0.1) is 0 Å². The van der Waals surface area contributed by atoms with Gasteiger partial charge >= 0.3 is 0 Å². The summed E-state index contributed by atoms with van der Waals surface area (Å²) >= 11 is 0. The molecule has 1 N–H and O–H groups in total. The minimum atomic E-state index is 0.886. The normalized spacial score (nSPS) is 10.9. The average Bonchev–Trinajstić information content (AvgIpc) is 2.47. The number of nitrogens with one attached hydrogen (secondary N) is 1. The van der Waals surface area contributed by atoms with E-state index >= 15 is 0 Å². The van der Waals surface area contributed by atoms with Gasteiger partial charge in [-0.1, -0.05) is 31.2 Å². The van der Waals surface area contributed by atoms with E-state index in [1.807, 2.05) is 6.20 Å². The molecule has 1 aromatic heterocycles. The minimum absolute atomic E-state index is 0.886. The van der Waals surface area contributed by atoms with Crippen LogP contribution in [0.3, 0.4) is 0 Å². The maximum Gasteiger partial charge on any atom is 0.136 e. The van der Waals surface area contributed by atoms with Gasteiger partial charge in [0.05, 0.1) is 0 Å². The van der Waals surface area contributed by atoms with Crippen LogP contribution in [0.1, 0.15) is 25.8 Å². The fourth-order valence-corrected chi connectivity index (χ4v) is 2.23.